The molecule has 0 bridgehead atoms. The van der Waals surface area contributed by atoms with Crippen molar-refractivity contribution in [3.63, 3.8) is 0 Å². The van der Waals surface area contributed by atoms with E-state index in [1.807, 2.05) is 0 Å². The van der Waals surface area contributed by atoms with Gasteiger partial charge in [-0.05, 0) is 50.1 Å². The van der Waals surface area contributed by atoms with Gasteiger partial charge < -0.3 is 25.2 Å². The topological polar surface area (TPSA) is 159 Å². The van der Waals surface area contributed by atoms with Crippen molar-refractivity contribution in [1.82, 2.24) is 4.90 Å². The number of carbonyl (C=O) groups is 3. The number of methoxy groups -OCH3 is 1. The number of carbonyl (C=O) groups excluding carboxylic acids is 1. The third-order valence-corrected chi connectivity index (χ3v) is 6.20. The molecule has 0 atom stereocenters. The summed E-state index contributed by atoms with van der Waals surface area (Å²) in [5.74, 6) is -3.47. The summed E-state index contributed by atoms with van der Waals surface area (Å²) in [5, 5.41) is 34.1. The van der Waals surface area contributed by atoms with Gasteiger partial charge in [0.25, 0.3) is 5.69 Å². The maximum Gasteiger partial charge on any atom is 0.334 e. The van der Waals surface area contributed by atoms with Crippen LogP contribution < -0.4 is 10.1 Å². The Morgan fingerprint density at radius 2 is 1.62 bits per heavy atom. The summed E-state index contributed by atoms with van der Waals surface area (Å²) in [7, 11) is 1.54. The largest absolute Gasteiger partial charge is 0.497 e. The van der Waals surface area contributed by atoms with Crippen molar-refractivity contribution in [1.29, 1.82) is 0 Å². The van der Waals surface area contributed by atoms with Crippen LogP contribution in [0.5, 0.6) is 5.75 Å². The number of allylic oxidation sites excluding steroid dienone is 2. The lowest BCUT2D eigenvalue weighted by atomic mass is 9.79. The number of carboxylic acid groups (broad SMARTS) is 2. The zero-order valence-electron chi connectivity index (χ0n) is 20.6. The first-order chi connectivity index (χ1) is 17.5. The van der Waals surface area contributed by atoms with Crippen molar-refractivity contribution in [3.05, 3.63) is 86.7 Å². The number of nitro groups is 1. The predicted molar refractivity (Wildman–Crippen MR) is 134 cm³/mol. The van der Waals surface area contributed by atoms with Crippen LogP contribution in [0.25, 0.3) is 0 Å². The fraction of sp³-hybridized carbons (Fsp3) is 0.269. The number of benzene rings is 2. The molecule has 1 aliphatic heterocycles. The molecule has 194 valence electrons. The predicted octanol–water partition coefficient (Wildman–Crippen LogP) is 4.14. The van der Waals surface area contributed by atoms with Gasteiger partial charge in [0.15, 0.2) is 0 Å². The molecule has 11 nitrogen and oxygen atoms in total. The van der Waals surface area contributed by atoms with Gasteiger partial charge in [-0.25, -0.2) is 9.59 Å². The molecule has 11 heteroatoms. The molecule has 2 aromatic carbocycles. The van der Waals surface area contributed by atoms with Gasteiger partial charge in [-0.1, -0.05) is 12.1 Å². The second-order valence-electron chi connectivity index (χ2n) is 8.43. The summed E-state index contributed by atoms with van der Waals surface area (Å²) in [6.45, 7) is 3.32. The highest BCUT2D eigenvalue weighted by Crippen LogP contribution is 2.42. The Hall–Kier alpha value is -4.67. The molecule has 0 radical (unpaired) electrons. The highest BCUT2D eigenvalue weighted by molar-refractivity contribution is 5.98. The molecular formula is C26H27N3O8. The molecule has 0 unspecified atom stereocenters. The number of hydrogen-bond donors (Lipinski definition) is 3. The first-order valence-electron chi connectivity index (χ1n) is 11.4. The Bertz CT molecular complexity index is 1260. The third kappa shape index (κ3) is 5.95. The van der Waals surface area contributed by atoms with Crippen LogP contribution in [0, 0.1) is 10.1 Å². The zero-order chi connectivity index (χ0) is 27.3. The molecule has 0 fully saturated rings. The summed E-state index contributed by atoms with van der Waals surface area (Å²) in [5.41, 5.74) is 0.757. The van der Waals surface area contributed by atoms with Crippen LogP contribution in [0.1, 0.15) is 38.2 Å². The van der Waals surface area contributed by atoms with E-state index in [0.29, 0.717) is 29.3 Å². The Morgan fingerprint density at radius 3 is 2.14 bits per heavy atom. The van der Waals surface area contributed by atoms with Gasteiger partial charge in [0.1, 0.15) is 5.75 Å². The minimum absolute atomic E-state index is 0.113. The van der Waals surface area contributed by atoms with E-state index in [1.54, 1.807) is 50.1 Å². The van der Waals surface area contributed by atoms with E-state index in [2.05, 4.69) is 5.32 Å². The summed E-state index contributed by atoms with van der Waals surface area (Å²) < 4.78 is 5.09. The quantitative estimate of drug-likeness (QED) is 0.316. The van der Waals surface area contributed by atoms with E-state index in [9.17, 15) is 34.7 Å². The van der Waals surface area contributed by atoms with E-state index >= 15 is 0 Å². The van der Waals surface area contributed by atoms with E-state index in [1.165, 1.54) is 24.3 Å². The Kier molecular flexibility index (Phi) is 8.28. The number of anilines is 1. The molecular weight excluding hydrogens is 482 g/mol. The molecule has 37 heavy (non-hydrogen) atoms. The number of ether oxygens (including phenoxy) is 1. The van der Waals surface area contributed by atoms with Crippen molar-refractivity contribution in [2.45, 2.75) is 32.6 Å². The molecule has 0 aliphatic carbocycles. The SMILES string of the molecule is COc1ccc(NC(=O)CCCN2C(C)=C(C(=O)O)C(c3cccc([N+](=O)[O-])c3)C(C(=O)O)=C2C)cc1. The fourth-order valence-corrected chi connectivity index (χ4v) is 4.44. The van der Waals surface area contributed by atoms with E-state index in [4.69, 9.17) is 4.74 Å². The molecule has 0 saturated heterocycles. The summed E-state index contributed by atoms with van der Waals surface area (Å²) in [4.78, 5) is 49.3. The molecule has 1 amide bonds. The van der Waals surface area contributed by atoms with E-state index < -0.39 is 22.8 Å². The molecule has 0 spiro atoms. The number of amides is 1. The van der Waals surface area contributed by atoms with Crippen LogP contribution in [-0.4, -0.2) is 51.5 Å². The zero-order valence-corrected chi connectivity index (χ0v) is 20.6. The normalized spacial score (nSPS) is 14.0. The molecule has 3 rings (SSSR count). The Labute approximate surface area is 212 Å². The number of nitrogens with one attached hydrogen (secondary N) is 1. The molecule has 1 aliphatic rings. The van der Waals surface area contributed by atoms with Gasteiger partial charge in [0.2, 0.25) is 5.91 Å². The monoisotopic (exact) mass is 509 g/mol. The van der Waals surface area contributed by atoms with Crippen molar-refractivity contribution < 1.29 is 34.3 Å². The summed E-state index contributed by atoms with van der Waals surface area (Å²) in [6, 6.07) is 12.1. The van der Waals surface area contributed by atoms with Crippen molar-refractivity contribution in [2.24, 2.45) is 0 Å². The molecule has 2 aromatic rings. The highest BCUT2D eigenvalue weighted by Gasteiger charge is 2.39. The van der Waals surface area contributed by atoms with Crippen LogP contribution in [0.15, 0.2) is 71.1 Å². The second kappa shape index (κ2) is 11.4. The average Bonchev–Trinajstić information content (AvgIpc) is 2.85. The van der Waals surface area contributed by atoms with Gasteiger partial charge in [-0.15, -0.1) is 0 Å². The van der Waals surface area contributed by atoms with Gasteiger partial charge in [-0.2, -0.15) is 0 Å². The van der Waals surface area contributed by atoms with Crippen LogP contribution in [-0.2, 0) is 14.4 Å². The fourth-order valence-electron chi connectivity index (χ4n) is 4.44. The molecule has 3 N–H and O–H groups in total. The number of nitro benzene ring substituents is 1. The number of nitrogens with zero attached hydrogens (tertiary/aromatic N) is 2. The number of rotatable bonds is 10. The molecule has 0 aromatic heterocycles. The number of hydrogen-bond acceptors (Lipinski definition) is 7. The van der Waals surface area contributed by atoms with Gasteiger partial charge in [0.05, 0.1) is 29.1 Å². The van der Waals surface area contributed by atoms with Crippen LogP contribution in [0.3, 0.4) is 0 Å². The number of aliphatic carboxylic acids is 2. The highest BCUT2D eigenvalue weighted by atomic mass is 16.6. The number of carboxylic acids is 2. The van der Waals surface area contributed by atoms with Crippen LogP contribution >= 0.6 is 0 Å². The van der Waals surface area contributed by atoms with E-state index in [0.717, 1.165) is 0 Å². The minimum atomic E-state index is -1.33. The van der Waals surface area contributed by atoms with Gasteiger partial charge >= 0.3 is 11.9 Å². The Balaban J connectivity index is 1.85. The lowest BCUT2D eigenvalue weighted by Gasteiger charge is -2.37. The summed E-state index contributed by atoms with van der Waals surface area (Å²) in [6.07, 6.45) is 0.431. The standard InChI is InChI=1S/C26H27N3O8/c1-15-22(25(31)32)24(17-6-4-7-19(14-17)29(35)36)23(26(33)34)16(2)28(15)13-5-8-21(30)27-18-9-11-20(37-3)12-10-18/h4,6-7,9-12,14,24H,5,8,13H2,1-3H3,(H,27,30)(H,31,32)(H,33,34). The lowest BCUT2D eigenvalue weighted by Crippen LogP contribution is -2.35. The van der Waals surface area contributed by atoms with Crippen LogP contribution in [0.2, 0.25) is 0 Å². The van der Waals surface area contributed by atoms with Crippen molar-refractivity contribution in [3.8, 4) is 5.75 Å². The average molecular weight is 510 g/mol. The smallest absolute Gasteiger partial charge is 0.334 e. The lowest BCUT2D eigenvalue weighted by molar-refractivity contribution is -0.384. The molecule has 0 saturated carbocycles. The maximum atomic E-state index is 12.4. The Morgan fingerprint density at radius 1 is 1.03 bits per heavy atom. The van der Waals surface area contributed by atoms with Crippen molar-refractivity contribution >= 4 is 29.2 Å². The van der Waals surface area contributed by atoms with Gasteiger partial charge in [-0.3, -0.25) is 14.9 Å². The maximum absolute atomic E-state index is 12.4. The van der Waals surface area contributed by atoms with Crippen LogP contribution in [0.4, 0.5) is 11.4 Å². The van der Waals surface area contributed by atoms with Crippen molar-refractivity contribution in [2.75, 3.05) is 19.0 Å². The minimum Gasteiger partial charge on any atom is -0.497 e. The molecule has 1 heterocycles. The first-order valence-corrected chi connectivity index (χ1v) is 11.4. The third-order valence-electron chi connectivity index (χ3n) is 6.20. The van der Waals surface area contributed by atoms with E-state index in [-0.39, 0.29) is 41.3 Å². The first kappa shape index (κ1) is 26.9. The number of non-ortho nitro benzene ring substituents is 1. The summed E-state index contributed by atoms with van der Waals surface area (Å²) >= 11 is 0. The second-order valence-corrected chi connectivity index (χ2v) is 8.43. The van der Waals surface area contributed by atoms with Gasteiger partial charge in [0, 0.05) is 42.2 Å².